The minimum absolute atomic E-state index is 0.0311. The Hall–Kier alpha value is -2.40. The van der Waals surface area contributed by atoms with Crippen LogP contribution in [0, 0.1) is 12.7 Å². The molecular weight excluding hydrogens is 469 g/mol. The van der Waals surface area contributed by atoms with Gasteiger partial charge in [0.2, 0.25) is 10.0 Å². The number of carboxylic acids is 1. The highest BCUT2D eigenvalue weighted by Crippen LogP contribution is 2.47. The van der Waals surface area contributed by atoms with Gasteiger partial charge in [-0.3, -0.25) is 14.3 Å². The van der Waals surface area contributed by atoms with E-state index in [4.69, 9.17) is 5.11 Å². The lowest BCUT2D eigenvalue weighted by atomic mass is 10.2. The summed E-state index contributed by atoms with van der Waals surface area (Å²) in [6.45, 7) is 1.49. The maximum atomic E-state index is 14.3. The van der Waals surface area contributed by atoms with Crippen LogP contribution in [0.4, 0.5) is 21.5 Å². The summed E-state index contributed by atoms with van der Waals surface area (Å²) in [4.78, 5) is 23.4. The molecule has 0 radical (unpaired) electrons. The van der Waals surface area contributed by atoms with Crippen LogP contribution in [0.3, 0.4) is 0 Å². The fourth-order valence-electron chi connectivity index (χ4n) is 3.06. The first kappa shape index (κ1) is 21.3. The second-order valence-electron chi connectivity index (χ2n) is 7.07. The second-order valence-corrected chi connectivity index (χ2v) is 10.1. The van der Waals surface area contributed by atoms with Crippen molar-refractivity contribution in [1.82, 2.24) is 4.57 Å². The van der Waals surface area contributed by atoms with E-state index >= 15 is 0 Å². The molecule has 1 saturated carbocycles. The molecule has 1 heterocycles. The number of aromatic nitrogens is 1. The Balaban J connectivity index is 2.05. The van der Waals surface area contributed by atoms with Crippen molar-refractivity contribution in [3.8, 4) is 0 Å². The number of benzene rings is 1. The molecule has 3 N–H and O–H groups in total. The summed E-state index contributed by atoms with van der Waals surface area (Å²) in [5, 5.41) is 11.8. The smallest absolute Gasteiger partial charge is 0.305 e. The average Bonchev–Trinajstić information content (AvgIpc) is 3.38. The Labute approximate surface area is 174 Å². The highest BCUT2D eigenvalue weighted by Gasteiger charge is 2.56. The predicted octanol–water partition coefficient (Wildman–Crippen LogP) is 3.09. The van der Waals surface area contributed by atoms with Crippen LogP contribution in [0.25, 0.3) is 0 Å². The first-order valence-electron chi connectivity index (χ1n) is 8.62. The normalized spacial score (nSPS) is 15.0. The molecule has 1 fully saturated rings. The molecule has 156 valence electrons. The first-order valence-corrected chi connectivity index (χ1v) is 10.9. The van der Waals surface area contributed by atoms with E-state index in [9.17, 15) is 22.4 Å². The van der Waals surface area contributed by atoms with E-state index in [0.29, 0.717) is 4.47 Å². The zero-order chi connectivity index (χ0) is 21.6. The second kappa shape index (κ2) is 7.45. The summed E-state index contributed by atoms with van der Waals surface area (Å²) in [5.74, 6) is -1.81. The molecule has 8 nitrogen and oxygen atoms in total. The molecule has 2 aromatic rings. The van der Waals surface area contributed by atoms with Crippen LogP contribution in [-0.4, -0.2) is 28.8 Å². The molecule has 0 unspecified atom stereocenters. The third-order valence-electron chi connectivity index (χ3n) is 4.89. The van der Waals surface area contributed by atoms with Gasteiger partial charge in [0, 0.05) is 23.3 Å². The quantitative estimate of drug-likeness (QED) is 0.552. The number of rotatable bonds is 7. The summed E-state index contributed by atoms with van der Waals surface area (Å²) < 4.78 is 42.8. The van der Waals surface area contributed by atoms with Gasteiger partial charge in [-0.05, 0) is 38.0 Å². The van der Waals surface area contributed by atoms with Crippen molar-refractivity contribution in [1.29, 1.82) is 0 Å². The largest absolute Gasteiger partial charge is 0.481 e. The van der Waals surface area contributed by atoms with Crippen molar-refractivity contribution >= 4 is 49.0 Å². The van der Waals surface area contributed by atoms with Crippen molar-refractivity contribution in [2.24, 2.45) is 7.05 Å². The van der Waals surface area contributed by atoms with Gasteiger partial charge in [0.15, 0.2) is 0 Å². The summed E-state index contributed by atoms with van der Waals surface area (Å²) in [6, 6.07) is 4.27. The minimum atomic E-state index is -4.06. The van der Waals surface area contributed by atoms with Gasteiger partial charge < -0.3 is 15.0 Å². The van der Waals surface area contributed by atoms with Gasteiger partial charge in [0.1, 0.15) is 10.6 Å². The molecular formula is C18H19BrFN3O5S. The number of hydrogen-bond donors (Lipinski definition) is 3. The fraction of sp³-hybridized carbons (Fsp3) is 0.333. The molecule has 1 aliphatic rings. The molecule has 1 aliphatic carbocycles. The number of sulfonamides is 1. The highest BCUT2D eigenvalue weighted by atomic mass is 79.9. The van der Waals surface area contributed by atoms with E-state index in [0.717, 1.165) is 0 Å². The lowest BCUT2D eigenvalue weighted by molar-refractivity contribution is -0.137. The molecule has 3 rings (SSSR count). The maximum Gasteiger partial charge on any atom is 0.305 e. The molecule has 1 aromatic heterocycles. The molecule has 0 spiro atoms. The molecule has 0 atom stereocenters. The van der Waals surface area contributed by atoms with Gasteiger partial charge in [0.05, 0.1) is 23.5 Å². The van der Waals surface area contributed by atoms with Crippen LogP contribution >= 0.6 is 15.9 Å². The SMILES string of the molecule is Cc1c(Nc2ccc(Br)cc2F)c(NS(=O)(=O)C2(CC(=O)O)CC2)cn(C)c1=O. The lowest BCUT2D eigenvalue weighted by Crippen LogP contribution is -2.33. The molecule has 0 saturated heterocycles. The zero-order valence-electron chi connectivity index (χ0n) is 15.6. The topological polar surface area (TPSA) is 118 Å². The van der Waals surface area contributed by atoms with Crippen molar-refractivity contribution in [2.75, 3.05) is 10.0 Å². The number of halogens is 2. The maximum absolute atomic E-state index is 14.3. The fourth-order valence-corrected chi connectivity index (χ4v) is 5.01. The van der Waals surface area contributed by atoms with E-state index in [1.807, 2.05) is 0 Å². The molecule has 29 heavy (non-hydrogen) atoms. The number of carboxylic acid groups (broad SMARTS) is 1. The third-order valence-corrected chi connectivity index (χ3v) is 7.57. The lowest BCUT2D eigenvalue weighted by Gasteiger charge is -2.21. The van der Waals surface area contributed by atoms with Crippen molar-refractivity contribution in [3.63, 3.8) is 0 Å². The van der Waals surface area contributed by atoms with Crippen LogP contribution in [0.15, 0.2) is 33.7 Å². The Morgan fingerprint density at radius 2 is 2.00 bits per heavy atom. The number of pyridine rings is 1. The van der Waals surface area contributed by atoms with Gasteiger partial charge in [0.25, 0.3) is 5.56 Å². The van der Waals surface area contributed by atoms with Crippen LogP contribution in [0.5, 0.6) is 0 Å². The zero-order valence-corrected chi connectivity index (χ0v) is 18.0. The van der Waals surface area contributed by atoms with Crippen LogP contribution in [0.1, 0.15) is 24.8 Å². The van der Waals surface area contributed by atoms with E-state index < -0.39 is 33.0 Å². The van der Waals surface area contributed by atoms with Gasteiger partial charge >= 0.3 is 5.97 Å². The van der Waals surface area contributed by atoms with Gasteiger partial charge in [-0.15, -0.1) is 0 Å². The molecule has 0 amide bonds. The van der Waals surface area contributed by atoms with Gasteiger partial charge in [-0.1, -0.05) is 15.9 Å². The van der Waals surface area contributed by atoms with E-state index in [1.54, 1.807) is 6.07 Å². The van der Waals surface area contributed by atoms with E-state index in [2.05, 4.69) is 26.0 Å². The molecule has 0 bridgehead atoms. The van der Waals surface area contributed by atoms with Gasteiger partial charge in [-0.2, -0.15) is 0 Å². The summed E-state index contributed by atoms with van der Waals surface area (Å²) in [5.41, 5.74) is -0.0259. The van der Waals surface area contributed by atoms with E-state index in [-0.39, 0.29) is 41.0 Å². The highest BCUT2D eigenvalue weighted by molar-refractivity contribution is 9.10. The van der Waals surface area contributed by atoms with E-state index in [1.165, 1.54) is 36.9 Å². The minimum Gasteiger partial charge on any atom is -0.481 e. The summed E-state index contributed by atoms with van der Waals surface area (Å²) >= 11 is 3.16. The number of aliphatic carboxylic acids is 1. The number of nitrogens with zero attached hydrogens (tertiary/aromatic N) is 1. The predicted molar refractivity (Wildman–Crippen MR) is 111 cm³/mol. The van der Waals surface area contributed by atoms with Crippen LogP contribution in [-0.2, 0) is 21.9 Å². The Kier molecular flexibility index (Phi) is 5.48. The molecule has 11 heteroatoms. The number of anilines is 3. The summed E-state index contributed by atoms with van der Waals surface area (Å²) in [6.07, 6.45) is 1.22. The number of aryl methyl sites for hydroxylation is 1. The Bertz CT molecular complexity index is 1160. The third kappa shape index (κ3) is 4.15. The summed E-state index contributed by atoms with van der Waals surface area (Å²) in [7, 11) is -2.60. The monoisotopic (exact) mass is 487 g/mol. The number of hydrogen-bond acceptors (Lipinski definition) is 5. The molecule has 0 aliphatic heterocycles. The first-order chi connectivity index (χ1) is 13.5. The standard InChI is InChI=1S/C18H19BrFN3O5S/c1-10-16(21-13-4-3-11(19)7-12(13)20)14(9-23(2)17(10)26)22-29(27,28)18(5-6-18)8-15(24)25/h3-4,7,9,21-22H,5-6,8H2,1-2H3,(H,24,25). The number of carbonyl (C=O) groups is 1. The van der Waals surface area contributed by atoms with Crippen LogP contribution < -0.4 is 15.6 Å². The van der Waals surface area contributed by atoms with Crippen molar-refractivity contribution < 1.29 is 22.7 Å². The van der Waals surface area contributed by atoms with Crippen molar-refractivity contribution in [3.05, 3.63) is 50.6 Å². The van der Waals surface area contributed by atoms with Crippen molar-refractivity contribution in [2.45, 2.75) is 30.9 Å². The number of nitrogens with one attached hydrogen (secondary N) is 2. The van der Waals surface area contributed by atoms with Crippen LogP contribution in [0.2, 0.25) is 0 Å². The average molecular weight is 488 g/mol. The molecule has 1 aromatic carbocycles. The Morgan fingerprint density at radius 1 is 1.34 bits per heavy atom. The van der Waals surface area contributed by atoms with Gasteiger partial charge in [-0.25, -0.2) is 12.8 Å². The Morgan fingerprint density at radius 3 is 2.55 bits per heavy atom.